The summed E-state index contributed by atoms with van der Waals surface area (Å²) in [5, 5.41) is 3.07. The predicted octanol–water partition coefficient (Wildman–Crippen LogP) is 5.69. The monoisotopic (exact) mass is 554 g/mol. The Labute approximate surface area is 240 Å². The SMILES string of the molecule is Cc1ccc(C[C@H](NC(=O)OC[C@H]2CCCCN2C(=O)OC(C)(C)C)B2O[C@@H]3C[C@@H]4C[C@@H](C4(C)C)[C@]3(C)O2)cc1. The van der Waals surface area contributed by atoms with Crippen LogP contribution >= 0.6 is 0 Å². The van der Waals surface area contributed by atoms with E-state index in [0.717, 1.165) is 31.2 Å². The number of hydrogen-bond donors (Lipinski definition) is 1. The third-order valence-electron chi connectivity index (χ3n) is 9.84. The molecule has 2 aliphatic heterocycles. The summed E-state index contributed by atoms with van der Waals surface area (Å²) in [5.41, 5.74) is 1.57. The van der Waals surface area contributed by atoms with Gasteiger partial charge in [-0.2, -0.15) is 0 Å². The Balaban J connectivity index is 1.25. The summed E-state index contributed by atoms with van der Waals surface area (Å²) in [6.07, 6.45) is 4.52. The number of carbonyl (C=O) groups excluding carboxylic acids is 2. The fraction of sp³-hybridized carbons (Fsp3) is 0.742. The van der Waals surface area contributed by atoms with Crippen LogP contribution < -0.4 is 5.32 Å². The Morgan fingerprint density at radius 1 is 1.15 bits per heavy atom. The lowest BCUT2D eigenvalue weighted by molar-refractivity contribution is -0.199. The van der Waals surface area contributed by atoms with Gasteiger partial charge in [0.25, 0.3) is 0 Å². The minimum atomic E-state index is -0.578. The Morgan fingerprint density at radius 3 is 2.55 bits per heavy atom. The van der Waals surface area contributed by atoms with E-state index in [-0.39, 0.29) is 35.9 Å². The van der Waals surface area contributed by atoms with Crippen LogP contribution in [0.25, 0.3) is 0 Å². The number of rotatable bonds is 6. The second kappa shape index (κ2) is 10.9. The number of nitrogens with zero attached hydrogens (tertiary/aromatic N) is 1. The zero-order valence-corrected chi connectivity index (χ0v) is 25.3. The van der Waals surface area contributed by atoms with Crippen LogP contribution in [0.15, 0.2) is 24.3 Å². The van der Waals surface area contributed by atoms with Crippen molar-refractivity contribution in [1.29, 1.82) is 0 Å². The third-order valence-corrected chi connectivity index (χ3v) is 9.84. The van der Waals surface area contributed by atoms with Crippen molar-refractivity contribution in [3.63, 3.8) is 0 Å². The van der Waals surface area contributed by atoms with Crippen molar-refractivity contribution < 1.29 is 28.4 Å². The highest BCUT2D eigenvalue weighted by molar-refractivity contribution is 6.47. The minimum Gasteiger partial charge on any atom is -0.447 e. The van der Waals surface area contributed by atoms with Crippen molar-refractivity contribution in [3.8, 4) is 0 Å². The molecule has 5 fully saturated rings. The number of ether oxygens (including phenoxy) is 2. The van der Waals surface area contributed by atoms with Gasteiger partial charge in [0.15, 0.2) is 0 Å². The molecule has 3 saturated carbocycles. The number of hydrogen-bond acceptors (Lipinski definition) is 6. The van der Waals surface area contributed by atoms with Gasteiger partial charge in [-0.1, -0.05) is 43.7 Å². The summed E-state index contributed by atoms with van der Waals surface area (Å²) in [7, 11) is -0.563. The van der Waals surface area contributed by atoms with Crippen LogP contribution in [-0.2, 0) is 25.2 Å². The highest BCUT2D eigenvalue weighted by Crippen LogP contribution is 2.65. The number of aryl methyl sites for hydroxylation is 1. The first-order valence-electron chi connectivity index (χ1n) is 15.1. The lowest BCUT2D eigenvalue weighted by Gasteiger charge is -2.64. The smallest absolute Gasteiger partial charge is 0.447 e. The molecule has 6 rings (SSSR count). The van der Waals surface area contributed by atoms with Crippen LogP contribution in [-0.4, -0.2) is 66.6 Å². The number of carbonyl (C=O) groups is 2. The second-order valence-electron chi connectivity index (χ2n) is 14.2. The number of likely N-dealkylation sites (tertiary alicyclic amines) is 1. The van der Waals surface area contributed by atoms with E-state index in [9.17, 15) is 9.59 Å². The standard InChI is InChI=1S/C31H47BN2O6/c1-20-11-13-21(14-12-20)16-26(32-39-25-18-22-17-24(30(22,5)6)31(25,7)40-32)33-27(35)37-19-23-10-8-9-15-34(23)28(36)38-29(2,3)4/h11-14,22-26H,8-10,15-19H2,1-7H3,(H,33,35)/t22-,23+,24-,25+,26-,31-/m0/s1. The second-order valence-corrected chi connectivity index (χ2v) is 14.2. The van der Waals surface area contributed by atoms with Crippen LogP contribution in [0.1, 0.15) is 84.8 Å². The van der Waals surface area contributed by atoms with Crippen molar-refractivity contribution in [2.24, 2.45) is 17.3 Å². The summed E-state index contributed by atoms with van der Waals surface area (Å²) in [4.78, 5) is 27.7. The van der Waals surface area contributed by atoms with Crippen molar-refractivity contribution >= 4 is 19.3 Å². The van der Waals surface area contributed by atoms with E-state index in [4.69, 9.17) is 18.8 Å². The number of benzene rings is 1. The maximum Gasteiger partial charge on any atom is 0.482 e. The fourth-order valence-electron chi connectivity index (χ4n) is 7.36. The van der Waals surface area contributed by atoms with Gasteiger partial charge >= 0.3 is 19.3 Å². The van der Waals surface area contributed by atoms with E-state index < -0.39 is 24.8 Å². The quantitative estimate of drug-likeness (QED) is 0.455. The maximum atomic E-state index is 13.2. The zero-order valence-electron chi connectivity index (χ0n) is 25.3. The van der Waals surface area contributed by atoms with Crippen molar-refractivity contribution in [2.45, 2.75) is 116 Å². The molecule has 0 radical (unpaired) electrons. The first-order valence-corrected chi connectivity index (χ1v) is 15.1. The van der Waals surface area contributed by atoms with Crippen LogP contribution in [0, 0.1) is 24.2 Å². The normalized spacial score (nSPS) is 31.6. The molecule has 9 heteroatoms. The van der Waals surface area contributed by atoms with Gasteiger partial charge in [0.1, 0.15) is 12.2 Å². The topological polar surface area (TPSA) is 86.3 Å². The van der Waals surface area contributed by atoms with Crippen molar-refractivity contribution in [2.75, 3.05) is 13.2 Å². The van der Waals surface area contributed by atoms with E-state index >= 15 is 0 Å². The number of piperidine rings is 1. The molecular formula is C31H47BN2O6. The van der Waals surface area contributed by atoms with Gasteiger partial charge in [-0.3, -0.25) is 0 Å². The molecule has 1 aromatic rings. The van der Waals surface area contributed by atoms with Gasteiger partial charge in [-0.05, 0) is 96.0 Å². The van der Waals surface area contributed by atoms with Crippen LogP contribution in [0.3, 0.4) is 0 Å². The molecule has 220 valence electrons. The average molecular weight is 555 g/mol. The third kappa shape index (κ3) is 5.87. The molecule has 0 unspecified atom stereocenters. The molecule has 2 bridgehead atoms. The van der Waals surface area contributed by atoms with E-state index in [1.165, 1.54) is 12.0 Å². The summed E-state index contributed by atoms with van der Waals surface area (Å²) in [6, 6.07) is 8.11. The largest absolute Gasteiger partial charge is 0.482 e. The molecular weight excluding hydrogens is 507 g/mol. The van der Waals surface area contributed by atoms with E-state index in [0.29, 0.717) is 24.8 Å². The number of amides is 2. The molecule has 2 saturated heterocycles. The predicted molar refractivity (Wildman–Crippen MR) is 154 cm³/mol. The average Bonchev–Trinajstić information content (AvgIpc) is 3.24. The Kier molecular flexibility index (Phi) is 7.94. The molecule has 2 amide bonds. The van der Waals surface area contributed by atoms with Gasteiger partial charge in [0.05, 0.1) is 23.7 Å². The Bertz CT molecular complexity index is 1090. The highest BCUT2D eigenvalue weighted by Gasteiger charge is 2.68. The van der Waals surface area contributed by atoms with E-state index in [2.05, 4.69) is 57.3 Å². The zero-order chi connectivity index (χ0) is 28.9. The van der Waals surface area contributed by atoms with Crippen LogP contribution in [0.2, 0.25) is 0 Å². The summed E-state index contributed by atoms with van der Waals surface area (Å²) in [6.45, 7) is 15.2. The molecule has 5 aliphatic rings. The summed E-state index contributed by atoms with van der Waals surface area (Å²) in [5.74, 6) is 0.673. The Hall–Kier alpha value is -2.26. The number of alkyl carbamates (subject to hydrolysis) is 1. The van der Waals surface area contributed by atoms with Gasteiger partial charge in [-0.15, -0.1) is 0 Å². The fourth-order valence-corrected chi connectivity index (χ4v) is 7.36. The summed E-state index contributed by atoms with van der Waals surface area (Å²) >= 11 is 0. The van der Waals surface area contributed by atoms with Crippen LogP contribution in [0.4, 0.5) is 9.59 Å². The molecule has 1 aromatic carbocycles. The van der Waals surface area contributed by atoms with Crippen LogP contribution in [0.5, 0.6) is 0 Å². The minimum absolute atomic E-state index is 0.0252. The van der Waals surface area contributed by atoms with Crippen molar-refractivity contribution in [1.82, 2.24) is 10.2 Å². The molecule has 2 heterocycles. The van der Waals surface area contributed by atoms with Gasteiger partial charge in [-0.25, -0.2) is 9.59 Å². The maximum absolute atomic E-state index is 13.2. The highest BCUT2D eigenvalue weighted by atomic mass is 16.7. The first-order chi connectivity index (χ1) is 18.8. The van der Waals surface area contributed by atoms with Gasteiger partial charge in [0.2, 0.25) is 0 Å². The molecule has 1 N–H and O–H groups in total. The van der Waals surface area contributed by atoms with E-state index in [1.807, 2.05) is 20.8 Å². The van der Waals surface area contributed by atoms with E-state index in [1.54, 1.807) is 4.90 Å². The number of nitrogens with one attached hydrogen (secondary N) is 1. The first kappa shape index (κ1) is 29.2. The molecule has 8 nitrogen and oxygen atoms in total. The molecule has 0 aromatic heterocycles. The summed E-state index contributed by atoms with van der Waals surface area (Å²) < 4.78 is 24.6. The lowest BCUT2D eigenvalue weighted by atomic mass is 9.43. The van der Waals surface area contributed by atoms with Gasteiger partial charge < -0.3 is 29.0 Å². The Morgan fingerprint density at radius 2 is 1.88 bits per heavy atom. The molecule has 6 atom stereocenters. The molecule has 40 heavy (non-hydrogen) atoms. The molecule has 3 aliphatic carbocycles. The molecule has 0 spiro atoms. The van der Waals surface area contributed by atoms with Crippen molar-refractivity contribution in [3.05, 3.63) is 35.4 Å². The van der Waals surface area contributed by atoms with Gasteiger partial charge in [0, 0.05) is 6.54 Å². The lowest BCUT2D eigenvalue weighted by Crippen LogP contribution is -2.65.